The molecule has 1 heterocycles. The highest BCUT2D eigenvalue weighted by Gasteiger charge is 2.26. The summed E-state index contributed by atoms with van der Waals surface area (Å²) in [4.78, 5) is 23.9. The third-order valence-electron chi connectivity index (χ3n) is 5.25. The van der Waals surface area contributed by atoms with Crippen LogP contribution in [-0.4, -0.2) is 43.7 Å². The summed E-state index contributed by atoms with van der Waals surface area (Å²) in [6, 6.07) is 6.46. The predicted molar refractivity (Wildman–Crippen MR) is 106 cm³/mol. The number of benzene rings is 1. The van der Waals surface area contributed by atoms with Gasteiger partial charge in [0, 0.05) is 25.6 Å². The standard InChI is InChI=1S/C21H27NO5S/c23-19-7-3-4-8-20(19)27-21(24)14-11-17-9-12-18(13-10-17)28(25,26)22-15-5-1-2-6-16-22/h9-14,20H,1-8,15-16H2/b14-11+/t20-/m0/s1. The SMILES string of the molecule is O=C(/C=C/c1ccc(S(=O)(=O)N2CCCCCC2)cc1)O[C@H]1CCCCC1=O. The van der Waals surface area contributed by atoms with E-state index >= 15 is 0 Å². The van der Waals surface area contributed by atoms with Gasteiger partial charge in [0.15, 0.2) is 11.9 Å². The van der Waals surface area contributed by atoms with Gasteiger partial charge in [-0.3, -0.25) is 4.79 Å². The van der Waals surface area contributed by atoms with Crippen molar-refractivity contribution in [3.63, 3.8) is 0 Å². The van der Waals surface area contributed by atoms with E-state index in [0.717, 1.165) is 38.5 Å². The Labute approximate surface area is 166 Å². The van der Waals surface area contributed by atoms with Gasteiger partial charge in [0.1, 0.15) is 0 Å². The molecule has 1 aromatic rings. The van der Waals surface area contributed by atoms with E-state index in [-0.39, 0.29) is 10.7 Å². The van der Waals surface area contributed by atoms with E-state index in [1.165, 1.54) is 6.08 Å². The highest BCUT2D eigenvalue weighted by atomic mass is 32.2. The van der Waals surface area contributed by atoms with Crippen molar-refractivity contribution in [1.82, 2.24) is 4.31 Å². The highest BCUT2D eigenvalue weighted by Crippen LogP contribution is 2.21. The average Bonchev–Trinajstić information content (AvgIpc) is 2.99. The highest BCUT2D eigenvalue weighted by molar-refractivity contribution is 7.89. The molecule has 2 fully saturated rings. The third kappa shape index (κ3) is 5.29. The molecule has 0 bridgehead atoms. The summed E-state index contributed by atoms with van der Waals surface area (Å²) >= 11 is 0. The number of ketones is 1. The van der Waals surface area contributed by atoms with E-state index in [1.54, 1.807) is 34.6 Å². The molecule has 28 heavy (non-hydrogen) atoms. The van der Waals surface area contributed by atoms with Crippen molar-refractivity contribution >= 4 is 27.9 Å². The Morgan fingerprint density at radius 2 is 1.68 bits per heavy atom. The fourth-order valence-electron chi connectivity index (χ4n) is 3.60. The Hall–Kier alpha value is -1.99. The van der Waals surface area contributed by atoms with Crippen LogP contribution in [0.1, 0.15) is 56.9 Å². The van der Waals surface area contributed by atoms with Crippen LogP contribution in [0, 0.1) is 0 Å². The van der Waals surface area contributed by atoms with Crippen molar-refractivity contribution in [2.45, 2.75) is 62.4 Å². The fourth-order valence-corrected chi connectivity index (χ4v) is 5.12. The first-order chi connectivity index (χ1) is 13.5. The molecule has 1 saturated carbocycles. The number of carbonyl (C=O) groups excluding carboxylic acids is 2. The molecule has 0 N–H and O–H groups in total. The monoisotopic (exact) mass is 405 g/mol. The largest absolute Gasteiger partial charge is 0.451 e. The molecule has 1 aliphatic carbocycles. The van der Waals surface area contributed by atoms with Crippen LogP contribution in [0.5, 0.6) is 0 Å². The van der Waals surface area contributed by atoms with Crippen LogP contribution in [0.25, 0.3) is 6.08 Å². The molecule has 0 radical (unpaired) electrons. The molecule has 2 aliphatic rings. The van der Waals surface area contributed by atoms with Crippen LogP contribution in [0.3, 0.4) is 0 Å². The number of hydrogen-bond acceptors (Lipinski definition) is 5. The zero-order chi connectivity index (χ0) is 20.0. The van der Waals surface area contributed by atoms with Crippen molar-refractivity contribution in [2.24, 2.45) is 0 Å². The topological polar surface area (TPSA) is 80.8 Å². The van der Waals surface area contributed by atoms with Crippen molar-refractivity contribution in [2.75, 3.05) is 13.1 Å². The summed E-state index contributed by atoms with van der Waals surface area (Å²) in [5.74, 6) is -0.572. The van der Waals surface area contributed by atoms with E-state index in [0.29, 0.717) is 31.5 Å². The smallest absolute Gasteiger partial charge is 0.331 e. The van der Waals surface area contributed by atoms with Gasteiger partial charge in [-0.1, -0.05) is 25.0 Å². The minimum atomic E-state index is -3.48. The zero-order valence-corrected chi connectivity index (χ0v) is 16.8. The first-order valence-corrected chi connectivity index (χ1v) is 11.4. The third-order valence-corrected chi connectivity index (χ3v) is 7.16. The van der Waals surface area contributed by atoms with Crippen LogP contribution in [0.2, 0.25) is 0 Å². The van der Waals surface area contributed by atoms with Crippen LogP contribution in [-0.2, 0) is 24.3 Å². The number of ether oxygens (including phenoxy) is 1. The lowest BCUT2D eigenvalue weighted by Gasteiger charge is -2.20. The second-order valence-electron chi connectivity index (χ2n) is 7.36. The minimum absolute atomic E-state index is 0.0175. The molecule has 3 rings (SSSR count). The molecule has 1 aromatic carbocycles. The first kappa shape index (κ1) is 20.7. The summed E-state index contributed by atoms with van der Waals surface area (Å²) in [7, 11) is -3.48. The van der Waals surface area contributed by atoms with Crippen molar-refractivity contribution in [3.05, 3.63) is 35.9 Å². The number of esters is 1. The zero-order valence-electron chi connectivity index (χ0n) is 16.0. The van der Waals surface area contributed by atoms with E-state index < -0.39 is 22.1 Å². The molecule has 7 heteroatoms. The molecule has 0 aromatic heterocycles. The average molecular weight is 406 g/mol. The minimum Gasteiger partial charge on any atom is -0.451 e. The number of Topliss-reactive ketones (excluding diaryl/α,β-unsaturated/α-hetero) is 1. The number of hydrogen-bond donors (Lipinski definition) is 0. The van der Waals surface area contributed by atoms with E-state index in [9.17, 15) is 18.0 Å². The molecule has 152 valence electrons. The molecule has 1 atom stereocenters. The number of rotatable bonds is 5. The van der Waals surface area contributed by atoms with Crippen molar-refractivity contribution < 1.29 is 22.7 Å². The van der Waals surface area contributed by atoms with E-state index in [2.05, 4.69) is 0 Å². The van der Waals surface area contributed by atoms with Crippen molar-refractivity contribution in [3.8, 4) is 0 Å². The van der Waals surface area contributed by atoms with Gasteiger partial charge in [0.25, 0.3) is 0 Å². The lowest BCUT2D eigenvalue weighted by atomic mass is 9.96. The Balaban J connectivity index is 1.61. The summed E-state index contributed by atoms with van der Waals surface area (Å²) in [6.45, 7) is 1.13. The van der Waals surface area contributed by atoms with E-state index in [4.69, 9.17) is 4.74 Å². The molecule has 0 spiro atoms. The Kier molecular flexibility index (Phi) is 7.02. The maximum Gasteiger partial charge on any atom is 0.331 e. The van der Waals surface area contributed by atoms with Gasteiger partial charge in [-0.2, -0.15) is 4.31 Å². The van der Waals surface area contributed by atoms with Gasteiger partial charge < -0.3 is 4.74 Å². The number of nitrogens with zero attached hydrogens (tertiary/aromatic N) is 1. The number of sulfonamides is 1. The van der Waals surface area contributed by atoms with Gasteiger partial charge in [-0.25, -0.2) is 13.2 Å². The molecule has 6 nitrogen and oxygen atoms in total. The van der Waals surface area contributed by atoms with Gasteiger partial charge in [0.2, 0.25) is 10.0 Å². The molecular weight excluding hydrogens is 378 g/mol. The maximum atomic E-state index is 12.8. The maximum absolute atomic E-state index is 12.8. The second-order valence-corrected chi connectivity index (χ2v) is 9.30. The van der Waals surface area contributed by atoms with Gasteiger partial charge in [-0.15, -0.1) is 0 Å². The van der Waals surface area contributed by atoms with Crippen molar-refractivity contribution in [1.29, 1.82) is 0 Å². The summed E-state index contributed by atoms with van der Waals surface area (Å²) in [5, 5.41) is 0. The summed E-state index contributed by atoms with van der Waals surface area (Å²) in [6.07, 6.45) is 8.94. The summed E-state index contributed by atoms with van der Waals surface area (Å²) < 4.78 is 32.3. The Morgan fingerprint density at radius 3 is 2.32 bits per heavy atom. The van der Waals surface area contributed by atoms with E-state index in [1.807, 2.05) is 0 Å². The first-order valence-electron chi connectivity index (χ1n) is 9.98. The second kappa shape index (κ2) is 9.47. The summed E-state index contributed by atoms with van der Waals surface area (Å²) in [5.41, 5.74) is 0.696. The molecular formula is C21H27NO5S. The van der Waals surface area contributed by atoms with Crippen LogP contribution < -0.4 is 0 Å². The molecule has 1 aliphatic heterocycles. The Bertz CT molecular complexity index is 821. The fraction of sp³-hybridized carbons (Fsp3) is 0.524. The van der Waals surface area contributed by atoms with Crippen LogP contribution in [0.15, 0.2) is 35.2 Å². The van der Waals surface area contributed by atoms with Gasteiger partial charge >= 0.3 is 5.97 Å². The van der Waals surface area contributed by atoms with Crippen LogP contribution >= 0.6 is 0 Å². The number of carbonyl (C=O) groups is 2. The normalized spacial score (nSPS) is 22.1. The molecule has 0 amide bonds. The van der Waals surface area contributed by atoms with Crippen LogP contribution in [0.4, 0.5) is 0 Å². The predicted octanol–water partition coefficient (Wildman–Crippen LogP) is 3.32. The molecule has 0 unspecified atom stereocenters. The van der Waals surface area contributed by atoms with Gasteiger partial charge in [-0.05, 0) is 55.9 Å². The Morgan fingerprint density at radius 1 is 1.00 bits per heavy atom. The molecule has 1 saturated heterocycles. The van der Waals surface area contributed by atoms with Gasteiger partial charge in [0.05, 0.1) is 4.90 Å². The lowest BCUT2D eigenvalue weighted by molar-refractivity contribution is -0.152. The lowest BCUT2D eigenvalue weighted by Crippen LogP contribution is -2.31. The quantitative estimate of drug-likeness (QED) is 0.554.